The fourth-order valence-corrected chi connectivity index (χ4v) is 3.62. The highest BCUT2D eigenvalue weighted by Crippen LogP contribution is 2.28. The van der Waals surface area contributed by atoms with Crippen LogP contribution in [0.3, 0.4) is 0 Å². The molecule has 2 N–H and O–H groups in total. The smallest absolute Gasteiger partial charge is 0.267 e. The predicted molar refractivity (Wildman–Crippen MR) is 110 cm³/mol. The van der Waals surface area contributed by atoms with E-state index in [0.717, 1.165) is 29.5 Å². The molecule has 0 unspecified atom stereocenters. The Hall–Kier alpha value is -2.71. The first-order valence-electron chi connectivity index (χ1n) is 9.38. The predicted octanol–water partition coefficient (Wildman–Crippen LogP) is 3.88. The zero-order chi connectivity index (χ0) is 20.4. The molecule has 1 fully saturated rings. The van der Waals surface area contributed by atoms with E-state index in [1.165, 1.54) is 6.20 Å². The van der Waals surface area contributed by atoms with Gasteiger partial charge in [-0.2, -0.15) is 0 Å². The lowest BCUT2D eigenvalue weighted by Crippen LogP contribution is -2.31. The molecule has 1 amide bonds. The van der Waals surface area contributed by atoms with Gasteiger partial charge in [0.2, 0.25) is 0 Å². The van der Waals surface area contributed by atoms with E-state index in [-0.39, 0.29) is 17.8 Å². The second-order valence-corrected chi connectivity index (χ2v) is 7.86. The number of H-pyrrole nitrogens is 1. The van der Waals surface area contributed by atoms with Crippen LogP contribution in [0.4, 0.5) is 0 Å². The standard InChI is InChI=1S/C21H20BrN3O4/c1-12-18(19(25-29-12)13-4-6-15(22)7-5-13)20(26)14-9-17(23-10-14)21(27)24-11-16-3-2-8-28-16/h4-7,9-10,16,23H,2-3,8,11H2,1H3,(H,24,27)/t16-/m1/s1. The molecule has 0 spiro atoms. The largest absolute Gasteiger partial charge is 0.376 e. The van der Waals surface area contributed by atoms with Gasteiger partial charge in [-0.05, 0) is 38.0 Å². The average molecular weight is 458 g/mol. The maximum Gasteiger partial charge on any atom is 0.267 e. The van der Waals surface area contributed by atoms with Crippen molar-refractivity contribution in [1.29, 1.82) is 0 Å². The van der Waals surface area contributed by atoms with Crippen LogP contribution in [0, 0.1) is 6.92 Å². The average Bonchev–Trinajstić information content (AvgIpc) is 3.47. The number of hydrogen-bond donors (Lipinski definition) is 2. The molecular formula is C21H20BrN3O4. The lowest BCUT2D eigenvalue weighted by atomic mass is 9.99. The summed E-state index contributed by atoms with van der Waals surface area (Å²) in [5.74, 6) is -0.0932. The van der Waals surface area contributed by atoms with Crippen molar-refractivity contribution in [2.24, 2.45) is 0 Å². The fourth-order valence-electron chi connectivity index (χ4n) is 3.35. The van der Waals surface area contributed by atoms with Crippen LogP contribution in [-0.2, 0) is 4.74 Å². The van der Waals surface area contributed by atoms with Gasteiger partial charge in [-0.25, -0.2) is 0 Å². The van der Waals surface area contributed by atoms with Crippen molar-refractivity contribution in [2.75, 3.05) is 13.2 Å². The molecule has 3 aromatic rings. The SMILES string of the molecule is Cc1onc(-c2ccc(Br)cc2)c1C(=O)c1c[nH]c(C(=O)NC[C@H]2CCCO2)c1. The molecule has 0 saturated carbocycles. The van der Waals surface area contributed by atoms with E-state index >= 15 is 0 Å². The molecule has 0 aliphatic carbocycles. The Morgan fingerprint density at radius 2 is 2.10 bits per heavy atom. The molecule has 0 radical (unpaired) electrons. The van der Waals surface area contributed by atoms with Gasteiger partial charge in [0.15, 0.2) is 5.78 Å². The third-order valence-corrected chi connectivity index (χ3v) is 5.44. The van der Waals surface area contributed by atoms with Crippen molar-refractivity contribution >= 4 is 27.6 Å². The van der Waals surface area contributed by atoms with Gasteiger partial charge in [-0.15, -0.1) is 0 Å². The lowest BCUT2D eigenvalue weighted by Gasteiger charge is -2.09. The highest BCUT2D eigenvalue weighted by atomic mass is 79.9. The van der Waals surface area contributed by atoms with E-state index in [2.05, 4.69) is 31.4 Å². The number of aromatic nitrogens is 2. The number of ether oxygens (including phenoxy) is 1. The third-order valence-electron chi connectivity index (χ3n) is 4.91. The van der Waals surface area contributed by atoms with E-state index in [0.29, 0.717) is 34.8 Å². The van der Waals surface area contributed by atoms with Crippen molar-refractivity contribution in [3.05, 3.63) is 63.6 Å². The number of aryl methyl sites for hydroxylation is 1. The third kappa shape index (κ3) is 4.18. The van der Waals surface area contributed by atoms with E-state index < -0.39 is 0 Å². The molecule has 1 aliphatic heterocycles. The summed E-state index contributed by atoms with van der Waals surface area (Å²) in [5.41, 5.74) is 2.34. The second kappa shape index (κ2) is 8.34. The van der Waals surface area contributed by atoms with Crippen LogP contribution in [0.5, 0.6) is 0 Å². The summed E-state index contributed by atoms with van der Waals surface area (Å²) in [6, 6.07) is 9.02. The topological polar surface area (TPSA) is 97.2 Å². The van der Waals surface area contributed by atoms with Crippen molar-refractivity contribution in [3.8, 4) is 11.3 Å². The van der Waals surface area contributed by atoms with E-state index in [1.54, 1.807) is 13.0 Å². The number of rotatable bonds is 6. The van der Waals surface area contributed by atoms with Gasteiger partial charge in [-0.1, -0.05) is 33.2 Å². The number of carbonyl (C=O) groups is 2. The van der Waals surface area contributed by atoms with Crippen molar-refractivity contribution < 1.29 is 18.8 Å². The molecule has 150 valence electrons. The first-order valence-corrected chi connectivity index (χ1v) is 10.2. The number of hydrogen-bond acceptors (Lipinski definition) is 5. The number of carbonyl (C=O) groups excluding carboxylic acids is 2. The molecule has 2 aromatic heterocycles. The minimum Gasteiger partial charge on any atom is -0.376 e. The molecule has 3 heterocycles. The second-order valence-electron chi connectivity index (χ2n) is 6.95. The quantitative estimate of drug-likeness (QED) is 0.547. The minimum absolute atomic E-state index is 0.0585. The van der Waals surface area contributed by atoms with Gasteiger partial charge in [0, 0.05) is 34.9 Å². The summed E-state index contributed by atoms with van der Waals surface area (Å²) >= 11 is 3.40. The summed E-state index contributed by atoms with van der Waals surface area (Å²) in [4.78, 5) is 28.4. The molecule has 1 aliphatic rings. The molecular weight excluding hydrogens is 438 g/mol. The molecule has 1 atom stereocenters. The van der Waals surface area contributed by atoms with Gasteiger partial charge in [0.05, 0.1) is 11.7 Å². The normalized spacial score (nSPS) is 16.1. The first kappa shape index (κ1) is 19.6. The highest BCUT2D eigenvalue weighted by Gasteiger charge is 2.24. The fraction of sp³-hybridized carbons (Fsp3) is 0.286. The van der Waals surface area contributed by atoms with E-state index in [9.17, 15) is 9.59 Å². The summed E-state index contributed by atoms with van der Waals surface area (Å²) in [5, 5.41) is 6.90. The number of nitrogens with zero attached hydrogens (tertiary/aromatic N) is 1. The Kier molecular flexibility index (Phi) is 5.64. The molecule has 1 saturated heterocycles. The molecule has 7 nitrogen and oxygen atoms in total. The summed E-state index contributed by atoms with van der Waals surface area (Å²) in [7, 11) is 0. The van der Waals surface area contributed by atoms with E-state index in [4.69, 9.17) is 9.26 Å². The zero-order valence-electron chi connectivity index (χ0n) is 15.8. The maximum absolute atomic E-state index is 13.1. The van der Waals surface area contributed by atoms with Gasteiger partial charge in [-0.3, -0.25) is 9.59 Å². The zero-order valence-corrected chi connectivity index (χ0v) is 17.4. The monoisotopic (exact) mass is 457 g/mol. The van der Waals surface area contributed by atoms with Gasteiger partial charge < -0.3 is 19.6 Å². The van der Waals surface area contributed by atoms with Crippen LogP contribution in [0.1, 0.15) is 45.0 Å². The van der Waals surface area contributed by atoms with Crippen LogP contribution in [0.2, 0.25) is 0 Å². The number of nitrogens with one attached hydrogen (secondary N) is 2. The Labute approximate surface area is 175 Å². The van der Waals surface area contributed by atoms with Crippen molar-refractivity contribution in [2.45, 2.75) is 25.9 Å². The molecule has 1 aromatic carbocycles. The molecule has 8 heteroatoms. The Morgan fingerprint density at radius 3 is 2.83 bits per heavy atom. The van der Waals surface area contributed by atoms with Crippen LogP contribution in [0.15, 0.2) is 45.5 Å². The lowest BCUT2D eigenvalue weighted by molar-refractivity contribution is 0.0854. The van der Waals surface area contributed by atoms with Gasteiger partial charge in [0.1, 0.15) is 17.1 Å². The number of halogens is 1. The summed E-state index contributed by atoms with van der Waals surface area (Å²) in [6.45, 7) is 2.89. The number of amides is 1. The van der Waals surface area contributed by atoms with Crippen molar-refractivity contribution in [3.63, 3.8) is 0 Å². The highest BCUT2D eigenvalue weighted by molar-refractivity contribution is 9.10. The summed E-state index contributed by atoms with van der Waals surface area (Å²) in [6.07, 6.45) is 3.55. The Morgan fingerprint density at radius 1 is 1.31 bits per heavy atom. The maximum atomic E-state index is 13.1. The number of benzene rings is 1. The van der Waals surface area contributed by atoms with Gasteiger partial charge in [0.25, 0.3) is 5.91 Å². The van der Waals surface area contributed by atoms with Gasteiger partial charge >= 0.3 is 0 Å². The number of ketones is 1. The van der Waals surface area contributed by atoms with Crippen LogP contribution in [0.25, 0.3) is 11.3 Å². The summed E-state index contributed by atoms with van der Waals surface area (Å²) < 4.78 is 11.7. The van der Waals surface area contributed by atoms with Crippen LogP contribution in [-0.4, -0.2) is 41.1 Å². The van der Waals surface area contributed by atoms with E-state index in [1.807, 2.05) is 24.3 Å². The molecule has 0 bridgehead atoms. The van der Waals surface area contributed by atoms with Crippen LogP contribution >= 0.6 is 15.9 Å². The minimum atomic E-state index is -0.269. The van der Waals surface area contributed by atoms with Crippen LogP contribution < -0.4 is 5.32 Å². The van der Waals surface area contributed by atoms with Crippen molar-refractivity contribution in [1.82, 2.24) is 15.5 Å². The number of aromatic amines is 1. The molecule has 29 heavy (non-hydrogen) atoms. The first-order chi connectivity index (χ1) is 14.0. The Balaban J connectivity index is 1.53. The molecule has 4 rings (SSSR count). The Bertz CT molecular complexity index is 1030.